The lowest BCUT2D eigenvalue weighted by Crippen LogP contribution is -2.39. The number of nitrogens with zero attached hydrogens (tertiary/aromatic N) is 3. The molecule has 0 bridgehead atoms. The number of aldehydes is 1. The van der Waals surface area contributed by atoms with E-state index < -0.39 is 6.17 Å². The molecular weight excluding hydrogens is 374 g/mol. The van der Waals surface area contributed by atoms with Gasteiger partial charge in [0, 0.05) is 25.0 Å². The van der Waals surface area contributed by atoms with Crippen molar-refractivity contribution in [2.24, 2.45) is 16.6 Å². The predicted octanol–water partition coefficient (Wildman–Crippen LogP) is 0.259. The van der Waals surface area contributed by atoms with Crippen LogP contribution in [0.25, 0.3) is 0 Å². The Labute approximate surface area is 168 Å². The lowest BCUT2D eigenvalue weighted by molar-refractivity contribution is -0.111. The van der Waals surface area contributed by atoms with Crippen LogP contribution in [0.2, 0.25) is 0 Å². The standard InChI is InChI=1S/C19H27N7O3/c1-13(15-6-4-3-5-7-15)10-23-17-18(28)26(14(2)11-24-17)16(12-27)22-8-9-29-25-19(20)21/h3-7,11-13,16,22H,8-10H2,1-2H3,(H,23,24)(H4,20,21,25). The Bertz CT molecular complexity index is 879. The average molecular weight is 401 g/mol. The maximum atomic E-state index is 12.9. The molecule has 1 aromatic heterocycles. The van der Waals surface area contributed by atoms with Gasteiger partial charge in [-0.05, 0) is 23.6 Å². The number of carbonyl (C=O) groups is 1. The van der Waals surface area contributed by atoms with Crippen LogP contribution in [0.15, 0.2) is 46.5 Å². The van der Waals surface area contributed by atoms with Crippen LogP contribution in [0.1, 0.15) is 30.3 Å². The van der Waals surface area contributed by atoms with Gasteiger partial charge in [0.05, 0.1) is 0 Å². The zero-order valence-corrected chi connectivity index (χ0v) is 16.5. The van der Waals surface area contributed by atoms with E-state index in [1.807, 2.05) is 30.3 Å². The van der Waals surface area contributed by atoms with E-state index in [9.17, 15) is 9.59 Å². The smallest absolute Gasteiger partial charge is 0.295 e. The minimum absolute atomic E-state index is 0.126. The second-order valence-corrected chi connectivity index (χ2v) is 6.50. The van der Waals surface area contributed by atoms with Crippen molar-refractivity contribution in [3.63, 3.8) is 0 Å². The van der Waals surface area contributed by atoms with E-state index in [4.69, 9.17) is 16.3 Å². The molecule has 0 aliphatic carbocycles. The molecule has 0 saturated heterocycles. The van der Waals surface area contributed by atoms with Crippen molar-refractivity contribution in [3.05, 3.63) is 58.1 Å². The predicted molar refractivity (Wildman–Crippen MR) is 111 cm³/mol. The van der Waals surface area contributed by atoms with E-state index in [0.29, 0.717) is 18.5 Å². The minimum atomic E-state index is -0.875. The number of nitrogens with one attached hydrogen (secondary N) is 2. The highest BCUT2D eigenvalue weighted by Crippen LogP contribution is 2.14. The number of aryl methyl sites for hydroxylation is 1. The molecule has 0 radical (unpaired) electrons. The molecule has 10 heteroatoms. The van der Waals surface area contributed by atoms with Crippen LogP contribution >= 0.6 is 0 Å². The third-order valence-electron chi connectivity index (χ3n) is 4.25. The van der Waals surface area contributed by atoms with Crippen LogP contribution in [0.4, 0.5) is 5.82 Å². The first kappa shape index (κ1) is 21.9. The fourth-order valence-corrected chi connectivity index (χ4v) is 2.74. The normalized spacial score (nSPS) is 12.6. The minimum Gasteiger partial charge on any atom is -0.392 e. The van der Waals surface area contributed by atoms with Gasteiger partial charge in [0.2, 0.25) is 5.96 Å². The zero-order chi connectivity index (χ0) is 21.2. The van der Waals surface area contributed by atoms with Crippen LogP contribution in [0.3, 0.4) is 0 Å². The molecule has 2 aromatic rings. The summed E-state index contributed by atoms with van der Waals surface area (Å²) in [5.74, 6) is 0.169. The summed E-state index contributed by atoms with van der Waals surface area (Å²) < 4.78 is 1.34. The van der Waals surface area contributed by atoms with Crippen LogP contribution < -0.4 is 27.7 Å². The molecule has 0 aliphatic rings. The molecule has 156 valence electrons. The largest absolute Gasteiger partial charge is 0.392 e. The average Bonchev–Trinajstić information content (AvgIpc) is 2.71. The number of anilines is 1. The molecule has 2 atom stereocenters. The second-order valence-electron chi connectivity index (χ2n) is 6.50. The molecule has 0 amide bonds. The first-order valence-corrected chi connectivity index (χ1v) is 9.20. The highest BCUT2D eigenvalue weighted by molar-refractivity contribution is 5.74. The molecule has 1 heterocycles. The van der Waals surface area contributed by atoms with Gasteiger partial charge in [0.1, 0.15) is 12.8 Å². The van der Waals surface area contributed by atoms with Crippen LogP contribution in [0.5, 0.6) is 0 Å². The van der Waals surface area contributed by atoms with Gasteiger partial charge >= 0.3 is 0 Å². The van der Waals surface area contributed by atoms with Crippen molar-refractivity contribution in [2.45, 2.75) is 25.9 Å². The molecule has 0 spiro atoms. The fourth-order valence-electron chi connectivity index (χ4n) is 2.74. The number of nitrogens with two attached hydrogens (primary N) is 2. The number of hydrogen-bond acceptors (Lipinski definition) is 7. The third kappa shape index (κ3) is 6.32. The number of carbonyl (C=O) groups excluding carboxylic acids is 1. The monoisotopic (exact) mass is 401 g/mol. The molecule has 6 N–H and O–H groups in total. The summed E-state index contributed by atoms with van der Waals surface area (Å²) in [5.41, 5.74) is 11.6. The van der Waals surface area contributed by atoms with E-state index >= 15 is 0 Å². The van der Waals surface area contributed by atoms with E-state index in [-0.39, 0.29) is 36.4 Å². The lowest BCUT2D eigenvalue weighted by Gasteiger charge is -2.19. The second kappa shape index (κ2) is 10.8. The Morgan fingerprint density at radius 2 is 2.07 bits per heavy atom. The summed E-state index contributed by atoms with van der Waals surface area (Å²) in [5, 5.41) is 9.40. The molecule has 29 heavy (non-hydrogen) atoms. The lowest BCUT2D eigenvalue weighted by atomic mass is 10.0. The first-order chi connectivity index (χ1) is 13.9. The first-order valence-electron chi connectivity index (χ1n) is 9.20. The van der Waals surface area contributed by atoms with Crippen molar-refractivity contribution in [2.75, 3.05) is 25.0 Å². The topological polar surface area (TPSA) is 150 Å². The molecule has 0 fully saturated rings. The zero-order valence-electron chi connectivity index (χ0n) is 16.5. The SMILES string of the molecule is Cc1cnc(NCC(C)c2ccccc2)c(=O)n1C(C=O)NCCON=C(N)N. The summed E-state index contributed by atoms with van der Waals surface area (Å²) in [4.78, 5) is 33.5. The number of rotatable bonds is 11. The third-order valence-corrected chi connectivity index (χ3v) is 4.25. The van der Waals surface area contributed by atoms with Gasteiger partial charge in [-0.25, -0.2) is 4.98 Å². The van der Waals surface area contributed by atoms with Gasteiger partial charge in [-0.3, -0.25) is 19.5 Å². The summed E-state index contributed by atoms with van der Waals surface area (Å²) in [6.45, 7) is 4.67. The van der Waals surface area contributed by atoms with Crippen molar-refractivity contribution in [1.29, 1.82) is 0 Å². The number of benzene rings is 1. The molecule has 10 nitrogen and oxygen atoms in total. The van der Waals surface area contributed by atoms with Gasteiger partial charge < -0.3 is 21.6 Å². The summed E-state index contributed by atoms with van der Waals surface area (Å²) in [6.07, 6.45) is 1.32. The van der Waals surface area contributed by atoms with E-state index in [2.05, 4.69) is 27.7 Å². The quantitative estimate of drug-likeness (QED) is 0.138. The highest BCUT2D eigenvalue weighted by Gasteiger charge is 2.17. The fraction of sp³-hybridized carbons (Fsp3) is 0.368. The van der Waals surface area contributed by atoms with Crippen molar-refractivity contribution >= 4 is 18.1 Å². The van der Waals surface area contributed by atoms with Gasteiger partial charge in [-0.15, -0.1) is 0 Å². The molecule has 2 unspecified atom stereocenters. The van der Waals surface area contributed by atoms with Crippen LogP contribution in [-0.2, 0) is 9.63 Å². The van der Waals surface area contributed by atoms with Crippen molar-refractivity contribution in [3.8, 4) is 0 Å². The molecule has 2 rings (SSSR count). The van der Waals surface area contributed by atoms with E-state index in [1.54, 1.807) is 13.1 Å². The maximum absolute atomic E-state index is 12.9. The molecule has 1 aromatic carbocycles. The number of hydrogen-bond donors (Lipinski definition) is 4. The van der Waals surface area contributed by atoms with Crippen molar-refractivity contribution in [1.82, 2.24) is 14.9 Å². The summed E-state index contributed by atoms with van der Waals surface area (Å²) >= 11 is 0. The Morgan fingerprint density at radius 1 is 1.34 bits per heavy atom. The Balaban J connectivity index is 2.07. The van der Waals surface area contributed by atoms with Crippen molar-refractivity contribution < 1.29 is 9.63 Å². The number of aromatic nitrogens is 2. The van der Waals surface area contributed by atoms with Crippen LogP contribution in [0, 0.1) is 6.92 Å². The van der Waals surface area contributed by atoms with Gasteiger partial charge in [-0.2, -0.15) is 0 Å². The van der Waals surface area contributed by atoms with E-state index in [0.717, 1.165) is 5.56 Å². The van der Waals surface area contributed by atoms with Gasteiger partial charge in [0.15, 0.2) is 12.1 Å². The van der Waals surface area contributed by atoms with E-state index in [1.165, 1.54) is 4.57 Å². The Morgan fingerprint density at radius 3 is 2.72 bits per heavy atom. The summed E-state index contributed by atoms with van der Waals surface area (Å²) in [6, 6.07) is 9.97. The van der Waals surface area contributed by atoms with Crippen LogP contribution in [-0.4, -0.2) is 41.5 Å². The molecular formula is C19H27N7O3. The molecule has 0 aliphatic heterocycles. The highest BCUT2D eigenvalue weighted by atomic mass is 16.6. The Hall–Kier alpha value is -3.40. The molecule has 0 saturated carbocycles. The maximum Gasteiger partial charge on any atom is 0.295 e. The number of oxime groups is 1. The van der Waals surface area contributed by atoms with Gasteiger partial charge in [0.25, 0.3) is 5.56 Å². The Kier molecular flexibility index (Phi) is 8.16. The van der Waals surface area contributed by atoms with Gasteiger partial charge in [-0.1, -0.05) is 37.3 Å². The summed E-state index contributed by atoms with van der Waals surface area (Å²) in [7, 11) is 0. The number of guanidine groups is 1.